The molecule has 1 aliphatic carbocycles. The molecule has 27 heavy (non-hydrogen) atoms. The monoisotopic (exact) mass is 389 g/mol. The number of ether oxygens (including phenoxy) is 3. The summed E-state index contributed by atoms with van der Waals surface area (Å²) in [5.74, 6) is -1.08. The molecule has 2 aliphatic heterocycles. The molecule has 2 heterocycles. The molecule has 3 atom stereocenters. The Morgan fingerprint density at radius 1 is 1.22 bits per heavy atom. The van der Waals surface area contributed by atoms with Crippen molar-refractivity contribution < 1.29 is 23.8 Å². The van der Waals surface area contributed by atoms with Gasteiger partial charge in [-0.1, -0.05) is 18.2 Å². The van der Waals surface area contributed by atoms with Crippen LogP contribution in [-0.4, -0.2) is 62.1 Å². The van der Waals surface area contributed by atoms with Crippen molar-refractivity contribution in [3.8, 4) is 0 Å². The predicted molar refractivity (Wildman–Crippen MR) is 100 cm³/mol. The molecular formula is C20H23NO5S. The van der Waals surface area contributed by atoms with Gasteiger partial charge in [-0.3, -0.25) is 4.79 Å². The topological polar surface area (TPSA) is 65.1 Å². The Labute approximate surface area is 162 Å². The molecule has 4 rings (SSSR count). The molecule has 0 bridgehead atoms. The van der Waals surface area contributed by atoms with Crippen molar-refractivity contribution in [2.24, 2.45) is 0 Å². The maximum atomic E-state index is 12.9. The van der Waals surface area contributed by atoms with Gasteiger partial charge < -0.3 is 19.1 Å². The van der Waals surface area contributed by atoms with E-state index in [1.165, 1.54) is 26.0 Å². The highest BCUT2D eigenvalue weighted by Gasteiger charge is 2.69. The summed E-state index contributed by atoms with van der Waals surface area (Å²) < 4.78 is 14.6. The minimum absolute atomic E-state index is 0.193. The van der Waals surface area contributed by atoms with Crippen LogP contribution < -0.4 is 0 Å². The zero-order chi connectivity index (χ0) is 19.2. The Kier molecular flexibility index (Phi) is 4.68. The van der Waals surface area contributed by atoms with Crippen LogP contribution in [0.2, 0.25) is 0 Å². The molecule has 0 amide bonds. The van der Waals surface area contributed by atoms with Crippen molar-refractivity contribution in [2.75, 3.05) is 34.5 Å². The third-order valence-corrected chi connectivity index (χ3v) is 7.25. The minimum Gasteiger partial charge on any atom is -0.468 e. The average molecular weight is 389 g/mol. The lowest BCUT2D eigenvalue weighted by Gasteiger charge is -2.49. The second-order valence-electron chi connectivity index (χ2n) is 7.00. The van der Waals surface area contributed by atoms with Gasteiger partial charge in [-0.05, 0) is 24.5 Å². The van der Waals surface area contributed by atoms with Crippen LogP contribution >= 0.6 is 11.8 Å². The van der Waals surface area contributed by atoms with E-state index < -0.39 is 16.7 Å². The maximum absolute atomic E-state index is 12.9. The fourth-order valence-electron chi connectivity index (χ4n) is 4.65. The lowest BCUT2D eigenvalue weighted by Crippen LogP contribution is -2.57. The molecule has 1 saturated heterocycles. The summed E-state index contributed by atoms with van der Waals surface area (Å²) in [5, 5.41) is 0. The predicted octanol–water partition coefficient (Wildman–Crippen LogP) is 2.34. The highest BCUT2D eigenvalue weighted by atomic mass is 32.2. The van der Waals surface area contributed by atoms with Crippen molar-refractivity contribution in [3.63, 3.8) is 0 Å². The van der Waals surface area contributed by atoms with Crippen LogP contribution in [0.25, 0.3) is 0 Å². The summed E-state index contributed by atoms with van der Waals surface area (Å²) in [6.07, 6.45) is 2.03. The molecule has 0 spiro atoms. The summed E-state index contributed by atoms with van der Waals surface area (Å²) in [6, 6.07) is 8.14. The molecule has 0 N–H and O–H groups in total. The molecule has 1 aromatic carbocycles. The van der Waals surface area contributed by atoms with E-state index in [9.17, 15) is 9.59 Å². The van der Waals surface area contributed by atoms with E-state index in [4.69, 9.17) is 14.2 Å². The Morgan fingerprint density at radius 3 is 2.70 bits per heavy atom. The van der Waals surface area contributed by atoms with Gasteiger partial charge in [0, 0.05) is 24.2 Å². The van der Waals surface area contributed by atoms with Crippen LogP contribution in [0.4, 0.5) is 0 Å². The van der Waals surface area contributed by atoms with Gasteiger partial charge in [0.2, 0.25) is 0 Å². The lowest BCUT2D eigenvalue weighted by molar-refractivity contribution is -0.147. The quantitative estimate of drug-likeness (QED) is 0.716. The molecule has 0 saturated carbocycles. The molecule has 0 radical (unpaired) electrons. The van der Waals surface area contributed by atoms with E-state index in [1.807, 2.05) is 24.3 Å². The number of carbonyl (C=O) groups is 2. The zero-order valence-electron chi connectivity index (χ0n) is 15.7. The number of allylic oxidation sites excluding steroid dienone is 1. The van der Waals surface area contributed by atoms with Crippen molar-refractivity contribution in [1.82, 2.24) is 4.90 Å². The Hall–Kier alpha value is -1.99. The molecule has 1 aromatic rings. The molecular weight excluding hydrogens is 366 g/mol. The first kappa shape index (κ1) is 18.4. The number of benzene rings is 1. The molecule has 2 unspecified atom stereocenters. The van der Waals surface area contributed by atoms with E-state index in [2.05, 4.69) is 4.90 Å². The van der Waals surface area contributed by atoms with Crippen LogP contribution in [0.15, 0.2) is 40.4 Å². The van der Waals surface area contributed by atoms with Crippen LogP contribution in [0.5, 0.6) is 0 Å². The highest BCUT2D eigenvalue weighted by Crippen LogP contribution is 2.68. The van der Waals surface area contributed by atoms with Crippen molar-refractivity contribution in [2.45, 2.75) is 34.4 Å². The number of fused-ring (bicyclic) bond motifs is 3. The number of hydrogen-bond donors (Lipinski definition) is 0. The molecule has 144 valence electrons. The fraction of sp³-hybridized carbons (Fsp3) is 0.500. The number of thioether (sulfide) groups is 1. The maximum Gasteiger partial charge on any atom is 0.337 e. The first-order valence-electron chi connectivity index (χ1n) is 9.05. The van der Waals surface area contributed by atoms with Crippen molar-refractivity contribution in [1.29, 1.82) is 0 Å². The summed E-state index contributed by atoms with van der Waals surface area (Å²) >= 11 is 1.40. The first-order valence-corrected chi connectivity index (χ1v) is 9.86. The molecule has 3 aliphatic rings. The summed E-state index contributed by atoms with van der Waals surface area (Å²) in [6.45, 7) is 1.43. The number of rotatable bonds is 5. The van der Waals surface area contributed by atoms with E-state index >= 15 is 0 Å². The number of esters is 2. The lowest BCUT2D eigenvalue weighted by atomic mass is 9.66. The third-order valence-electron chi connectivity index (χ3n) is 5.73. The second kappa shape index (κ2) is 6.87. The number of nitrogens with zero attached hydrogens (tertiary/aromatic N) is 1. The smallest absolute Gasteiger partial charge is 0.337 e. The summed E-state index contributed by atoms with van der Waals surface area (Å²) in [7, 11) is 4.41. The Bertz CT molecular complexity index is 822. The van der Waals surface area contributed by atoms with Crippen LogP contribution in [0.1, 0.15) is 24.3 Å². The van der Waals surface area contributed by atoms with Gasteiger partial charge in [-0.2, -0.15) is 0 Å². The Morgan fingerprint density at radius 2 is 2.00 bits per heavy atom. The summed E-state index contributed by atoms with van der Waals surface area (Å²) in [4.78, 5) is 29.0. The van der Waals surface area contributed by atoms with Crippen LogP contribution in [0.3, 0.4) is 0 Å². The second-order valence-corrected chi connectivity index (χ2v) is 8.28. The van der Waals surface area contributed by atoms with Gasteiger partial charge in [-0.25, -0.2) is 4.79 Å². The number of hydrogen-bond acceptors (Lipinski definition) is 7. The van der Waals surface area contributed by atoms with Gasteiger partial charge in [0.05, 0.1) is 38.4 Å². The number of methoxy groups -OCH3 is 3. The van der Waals surface area contributed by atoms with Crippen LogP contribution in [0, 0.1) is 0 Å². The normalized spacial score (nSPS) is 28.5. The number of carbonyl (C=O) groups excluding carboxylic acids is 2. The van der Waals surface area contributed by atoms with Crippen molar-refractivity contribution >= 4 is 23.7 Å². The largest absolute Gasteiger partial charge is 0.468 e. The van der Waals surface area contributed by atoms with E-state index in [0.29, 0.717) is 12.2 Å². The SMILES string of the molecule is COC[C@@H]1CCCN1C1=C(C(=O)OC)C2(C(=O)OC)Sc3ccccc3C12. The molecule has 6 nitrogen and oxygen atoms in total. The van der Waals surface area contributed by atoms with E-state index in [-0.39, 0.29) is 12.0 Å². The van der Waals surface area contributed by atoms with E-state index in [1.54, 1.807) is 7.11 Å². The van der Waals surface area contributed by atoms with Gasteiger partial charge >= 0.3 is 11.9 Å². The zero-order valence-corrected chi connectivity index (χ0v) is 16.5. The standard InChI is InChI=1S/C20H23NO5S/c1-24-11-12-7-6-10-21(12)17-15-13-8-4-5-9-14(13)27-20(15,19(23)26-3)16(17)18(22)25-2/h4-5,8-9,12,15H,6-7,10-11H2,1-3H3/t12-,15?,20?/m0/s1. The third kappa shape index (κ3) is 2.44. The average Bonchev–Trinajstić information content (AvgIpc) is 3.23. The highest BCUT2D eigenvalue weighted by molar-refractivity contribution is 8.02. The van der Waals surface area contributed by atoms with Gasteiger partial charge in [0.25, 0.3) is 0 Å². The fourth-order valence-corrected chi connectivity index (χ4v) is 6.27. The van der Waals surface area contributed by atoms with Crippen LogP contribution in [-0.2, 0) is 23.8 Å². The number of likely N-dealkylation sites (tertiary alicyclic amines) is 1. The van der Waals surface area contributed by atoms with Gasteiger partial charge in [0.15, 0.2) is 4.75 Å². The Balaban J connectivity index is 1.89. The molecule has 0 aromatic heterocycles. The van der Waals surface area contributed by atoms with Gasteiger partial charge in [0.1, 0.15) is 0 Å². The van der Waals surface area contributed by atoms with Gasteiger partial charge in [-0.15, -0.1) is 11.8 Å². The first-order chi connectivity index (χ1) is 13.1. The van der Waals surface area contributed by atoms with Crippen molar-refractivity contribution in [3.05, 3.63) is 41.1 Å². The molecule has 7 heteroatoms. The minimum atomic E-state index is -1.07. The van der Waals surface area contributed by atoms with E-state index in [0.717, 1.165) is 35.5 Å². The summed E-state index contributed by atoms with van der Waals surface area (Å²) in [5.41, 5.74) is 2.38. The molecule has 1 fully saturated rings.